The van der Waals surface area contributed by atoms with E-state index in [-0.39, 0.29) is 17.1 Å². The van der Waals surface area contributed by atoms with Gasteiger partial charge in [-0.3, -0.25) is 24.8 Å². The second-order valence-electron chi connectivity index (χ2n) is 6.99. The fourth-order valence-corrected chi connectivity index (χ4v) is 3.06. The molecule has 0 spiro atoms. The number of rotatable bonds is 11. The summed E-state index contributed by atoms with van der Waals surface area (Å²) >= 11 is 0. The van der Waals surface area contributed by atoms with Crippen LogP contribution in [0.3, 0.4) is 0 Å². The van der Waals surface area contributed by atoms with Crippen LogP contribution in [0.2, 0.25) is 0 Å². The number of ether oxygens (including phenoxy) is 2. The number of aromatic nitrogens is 2. The van der Waals surface area contributed by atoms with Crippen molar-refractivity contribution in [1.82, 2.24) is 9.55 Å². The molecule has 0 fully saturated rings. The van der Waals surface area contributed by atoms with Gasteiger partial charge in [-0.2, -0.15) is 0 Å². The average molecular weight is 428 g/mol. The number of non-ortho nitro benzene ring substituents is 1. The first kappa shape index (κ1) is 22.0. The molecule has 0 aliphatic heterocycles. The van der Waals surface area contributed by atoms with Crippen LogP contribution in [0.4, 0.5) is 11.4 Å². The highest BCUT2D eigenvalue weighted by Crippen LogP contribution is 2.36. The monoisotopic (exact) mass is 428 g/mol. The van der Waals surface area contributed by atoms with Crippen LogP contribution < -0.4 is 9.47 Å². The zero-order valence-electron chi connectivity index (χ0n) is 17.4. The Bertz CT molecular complexity index is 1090. The van der Waals surface area contributed by atoms with Crippen molar-refractivity contribution in [3.8, 4) is 17.2 Å². The van der Waals surface area contributed by atoms with Crippen molar-refractivity contribution in [3.05, 3.63) is 56.9 Å². The quantitative estimate of drug-likeness (QED) is 0.234. The lowest BCUT2D eigenvalue weighted by Crippen LogP contribution is -2.03. The zero-order valence-corrected chi connectivity index (χ0v) is 17.4. The van der Waals surface area contributed by atoms with Crippen molar-refractivity contribution in [3.63, 3.8) is 0 Å². The molecular formula is C21H24N4O6. The van der Waals surface area contributed by atoms with E-state index in [9.17, 15) is 20.2 Å². The molecule has 10 nitrogen and oxygen atoms in total. The first-order valence-electron chi connectivity index (χ1n) is 10.2. The van der Waals surface area contributed by atoms with Crippen LogP contribution in [-0.2, 0) is 0 Å². The lowest BCUT2D eigenvalue weighted by atomic mass is 10.2. The van der Waals surface area contributed by atoms with E-state index < -0.39 is 9.85 Å². The minimum absolute atomic E-state index is 0.178. The number of nitro benzene ring substituents is 2. The van der Waals surface area contributed by atoms with Gasteiger partial charge >= 0.3 is 0 Å². The lowest BCUT2D eigenvalue weighted by Gasteiger charge is -2.13. The molecule has 1 aromatic heterocycles. The molecule has 0 atom stereocenters. The number of nitrogens with zero attached hydrogens (tertiary/aromatic N) is 4. The van der Waals surface area contributed by atoms with Crippen molar-refractivity contribution in [2.45, 2.75) is 39.5 Å². The SMILES string of the molecule is CCCCOc1cc2ncn(-c3ccc([N+](=O)[O-])cc3[N+](=O)[O-])c2cc1OCCCC. The number of imidazole rings is 1. The van der Waals surface area contributed by atoms with Crippen LogP contribution >= 0.6 is 0 Å². The first-order chi connectivity index (χ1) is 15.0. The highest BCUT2D eigenvalue weighted by Gasteiger charge is 2.22. The van der Waals surface area contributed by atoms with E-state index in [4.69, 9.17) is 9.47 Å². The Hall–Kier alpha value is -3.69. The second kappa shape index (κ2) is 9.88. The number of nitro groups is 2. The van der Waals surface area contributed by atoms with Gasteiger partial charge in [0, 0.05) is 18.2 Å². The van der Waals surface area contributed by atoms with Gasteiger partial charge in [-0.25, -0.2) is 4.98 Å². The predicted octanol–water partition coefficient (Wildman–Crippen LogP) is 5.20. The Morgan fingerprint density at radius 3 is 2.16 bits per heavy atom. The Kier molecular flexibility index (Phi) is 7.01. The van der Waals surface area contributed by atoms with Gasteiger partial charge in [-0.05, 0) is 18.9 Å². The smallest absolute Gasteiger partial charge is 0.300 e. The molecule has 0 saturated carbocycles. The van der Waals surface area contributed by atoms with Crippen LogP contribution in [0.1, 0.15) is 39.5 Å². The molecule has 0 aliphatic rings. The lowest BCUT2D eigenvalue weighted by molar-refractivity contribution is -0.394. The molecule has 10 heteroatoms. The van der Waals surface area contributed by atoms with E-state index >= 15 is 0 Å². The van der Waals surface area contributed by atoms with Gasteiger partial charge in [0.1, 0.15) is 12.0 Å². The minimum Gasteiger partial charge on any atom is -0.490 e. The highest BCUT2D eigenvalue weighted by molar-refractivity contribution is 5.82. The van der Waals surface area contributed by atoms with Gasteiger partial charge in [0.2, 0.25) is 0 Å². The van der Waals surface area contributed by atoms with Crippen molar-refractivity contribution < 1.29 is 19.3 Å². The fraction of sp³-hybridized carbons (Fsp3) is 0.381. The summed E-state index contributed by atoms with van der Waals surface area (Å²) in [6.07, 6.45) is 5.19. The third kappa shape index (κ3) is 4.90. The fourth-order valence-electron chi connectivity index (χ4n) is 3.06. The highest BCUT2D eigenvalue weighted by atomic mass is 16.6. The first-order valence-corrected chi connectivity index (χ1v) is 10.2. The van der Waals surface area contributed by atoms with Crippen LogP contribution in [0.25, 0.3) is 16.7 Å². The molecule has 0 amide bonds. The van der Waals surface area contributed by atoms with Gasteiger partial charge in [0.25, 0.3) is 11.4 Å². The molecule has 0 radical (unpaired) electrons. The summed E-state index contributed by atoms with van der Waals surface area (Å²) in [7, 11) is 0. The maximum absolute atomic E-state index is 11.6. The second-order valence-corrected chi connectivity index (χ2v) is 6.99. The molecule has 2 aromatic carbocycles. The maximum atomic E-state index is 11.6. The maximum Gasteiger partial charge on any atom is 0.300 e. The van der Waals surface area contributed by atoms with Gasteiger partial charge in [0.15, 0.2) is 11.5 Å². The molecule has 1 heterocycles. The topological polar surface area (TPSA) is 123 Å². The van der Waals surface area contributed by atoms with E-state index in [0.717, 1.165) is 31.7 Å². The van der Waals surface area contributed by atoms with Gasteiger partial charge in [0.05, 0.1) is 40.2 Å². The number of benzene rings is 2. The molecule has 0 bridgehead atoms. The Balaban J connectivity index is 2.09. The Labute approximate surface area is 178 Å². The third-order valence-corrected chi connectivity index (χ3v) is 4.75. The molecule has 3 aromatic rings. The van der Waals surface area contributed by atoms with Crippen LogP contribution in [0, 0.1) is 20.2 Å². The number of fused-ring (bicyclic) bond motifs is 1. The zero-order chi connectivity index (χ0) is 22.4. The third-order valence-electron chi connectivity index (χ3n) is 4.75. The summed E-state index contributed by atoms with van der Waals surface area (Å²) in [5.41, 5.74) is 0.589. The van der Waals surface area contributed by atoms with Crippen molar-refractivity contribution in [2.75, 3.05) is 13.2 Å². The van der Waals surface area contributed by atoms with E-state index in [1.165, 1.54) is 23.0 Å². The van der Waals surface area contributed by atoms with E-state index in [1.807, 2.05) is 0 Å². The predicted molar refractivity (Wildman–Crippen MR) is 115 cm³/mol. The molecular weight excluding hydrogens is 404 g/mol. The molecule has 0 aliphatic carbocycles. The Morgan fingerprint density at radius 2 is 1.58 bits per heavy atom. The largest absolute Gasteiger partial charge is 0.490 e. The summed E-state index contributed by atoms with van der Waals surface area (Å²) in [6, 6.07) is 7.02. The van der Waals surface area contributed by atoms with Crippen LogP contribution in [-0.4, -0.2) is 32.6 Å². The van der Waals surface area contributed by atoms with Crippen LogP contribution in [0.5, 0.6) is 11.5 Å². The van der Waals surface area contributed by atoms with Crippen molar-refractivity contribution in [1.29, 1.82) is 0 Å². The van der Waals surface area contributed by atoms with Crippen LogP contribution in [0.15, 0.2) is 36.7 Å². The molecule has 31 heavy (non-hydrogen) atoms. The summed E-state index contributed by atoms with van der Waals surface area (Å²) in [5.74, 6) is 1.10. The van der Waals surface area contributed by atoms with Gasteiger partial charge < -0.3 is 9.47 Å². The standard InChI is InChI=1S/C21H24N4O6/c1-3-5-9-30-20-12-16-18(13-21(20)31-10-6-4-2)23(14-22-16)17-8-7-15(24(26)27)11-19(17)25(28)29/h7-8,11-14H,3-6,9-10H2,1-2H3. The molecule has 3 rings (SSSR count). The van der Waals surface area contributed by atoms with Crippen molar-refractivity contribution >= 4 is 22.4 Å². The minimum atomic E-state index is -0.664. The summed E-state index contributed by atoms with van der Waals surface area (Å²) in [5, 5.41) is 22.6. The normalized spacial score (nSPS) is 10.9. The Morgan fingerprint density at radius 1 is 0.935 bits per heavy atom. The molecule has 0 unspecified atom stereocenters. The van der Waals surface area contributed by atoms with Crippen molar-refractivity contribution in [2.24, 2.45) is 0 Å². The van der Waals surface area contributed by atoms with E-state index in [0.29, 0.717) is 35.7 Å². The molecule has 0 saturated heterocycles. The van der Waals surface area contributed by atoms with Gasteiger partial charge in [-0.15, -0.1) is 0 Å². The molecule has 0 N–H and O–H groups in total. The number of hydrogen-bond acceptors (Lipinski definition) is 7. The number of hydrogen-bond donors (Lipinski definition) is 0. The number of unbranched alkanes of at least 4 members (excludes halogenated alkanes) is 2. The molecule has 164 valence electrons. The van der Waals surface area contributed by atoms with E-state index in [1.54, 1.807) is 12.1 Å². The summed E-state index contributed by atoms with van der Waals surface area (Å²) < 4.78 is 13.3. The van der Waals surface area contributed by atoms with E-state index in [2.05, 4.69) is 18.8 Å². The summed E-state index contributed by atoms with van der Waals surface area (Å²) in [4.78, 5) is 25.7. The average Bonchev–Trinajstić information content (AvgIpc) is 3.16. The van der Waals surface area contributed by atoms with Gasteiger partial charge in [-0.1, -0.05) is 26.7 Å². The summed E-state index contributed by atoms with van der Waals surface area (Å²) in [6.45, 7) is 5.19.